The maximum Gasteiger partial charge on any atom is 0.335 e. The van der Waals surface area contributed by atoms with Crippen LogP contribution in [0, 0.1) is 37.5 Å². The molecule has 9 nitrogen and oxygen atoms in total. The van der Waals surface area contributed by atoms with Crippen molar-refractivity contribution >= 4 is 23.9 Å². The van der Waals surface area contributed by atoms with Crippen LogP contribution in [0.25, 0.3) is 0 Å². The van der Waals surface area contributed by atoms with Gasteiger partial charge in [-0.2, -0.15) is 0 Å². The van der Waals surface area contributed by atoms with Crippen molar-refractivity contribution in [1.29, 1.82) is 0 Å². The molecule has 0 aliphatic carbocycles. The summed E-state index contributed by atoms with van der Waals surface area (Å²) in [5, 5.41) is 0. The van der Waals surface area contributed by atoms with E-state index >= 15 is 0 Å². The van der Waals surface area contributed by atoms with E-state index in [-0.39, 0.29) is 29.4 Å². The molecule has 0 aliphatic rings. The van der Waals surface area contributed by atoms with E-state index in [2.05, 4.69) is 50.0 Å². The predicted molar refractivity (Wildman–Crippen MR) is 175 cm³/mol. The van der Waals surface area contributed by atoms with Gasteiger partial charge in [0.05, 0.1) is 0 Å². The van der Waals surface area contributed by atoms with E-state index in [1.54, 1.807) is 62.4 Å². The second-order valence-corrected chi connectivity index (χ2v) is 9.56. The highest BCUT2D eigenvalue weighted by atomic mass is 16.7. The fourth-order valence-electron chi connectivity index (χ4n) is 3.77. The van der Waals surface area contributed by atoms with Crippen LogP contribution in [0.5, 0.6) is 23.0 Å². The lowest BCUT2D eigenvalue weighted by atomic mass is 9.96. The largest absolute Gasteiger partial charge is 0.457 e. The fraction of sp³-hybridized carbons (Fsp3) is 0.105. The minimum Gasteiger partial charge on any atom is -0.457 e. The smallest absolute Gasteiger partial charge is 0.335 e. The third-order valence-corrected chi connectivity index (χ3v) is 6.15. The van der Waals surface area contributed by atoms with Crippen molar-refractivity contribution in [1.82, 2.24) is 0 Å². The molecule has 0 fully saturated rings. The summed E-state index contributed by atoms with van der Waals surface area (Å²) in [5.41, 5.74) is 2.84. The third-order valence-electron chi connectivity index (χ3n) is 6.15. The number of carbonyl (C=O) groups excluding carboxylic acids is 4. The van der Waals surface area contributed by atoms with Crippen LogP contribution in [-0.4, -0.2) is 30.7 Å². The Morgan fingerprint density at radius 3 is 1.51 bits per heavy atom. The minimum absolute atomic E-state index is 0.0220. The van der Waals surface area contributed by atoms with Crippen molar-refractivity contribution < 1.29 is 42.9 Å². The fourth-order valence-corrected chi connectivity index (χ4v) is 3.77. The lowest BCUT2D eigenvalue weighted by molar-refractivity contribution is -0.145. The highest BCUT2D eigenvalue weighted by Gasteiger charge is 2.23. The van der Waals surface area contributed by atoms with E-state index < -0.39 is 23.9 Å². The molecule has 0 aromatic heterocycles. The van der Waals surface area contributed by atoms with Crippen LogP contribution >= 0.6 is 0 Å². The van der Waals surface area contributed by atoms with Crippen molar-refractivity contribution in [2.75, 3.05) is 6.79 Å². The molecule has 3 aromatic carbocycles. The molecule has 0 spiro atoms. The summed E-state index contributed by atoms with van der Waals surface area (Å²) in [4.78, 5) is 47.8. The normalized spacial score (nSPS) is 9.60. The Bertz CT molecular complexity index is 1840. The SMILES string of the molecule is C=CC(=O)Oc1ccc(C#Cc2c(OC(=O)C=C)c(C)c(C#Cc3ccc(OCOC(=O)C(=C)C)cc3)c(C)c2OC(=O)C=C)cc1. The van der Waals surface area contributed by atoms with Crippen molar-refractivity contribution in [2.45, 2.75) is 20.8 Å². The van der Waals surface area contributed by atoms with E-state index in [9.17, 15) is 19.2 Å². The molecule has 0 radical (unpaired) electrons. The first-order valence-electron chi connectivity index (χ1n) is 13.9. The van der Waals surface area contributed by atoms with E-state index in [4.69, 9.17) is 23.7 Å². The van der Waals surface area contributed by atoms with Gasteiger partial charge in [0.1, 0.15) is 17.1 Å². The van der Waals surface area contributed by atoms with Gasteiger partial charge in [-0.15, -0.1) is 0 Å². The van der Waals surface area contributed by atoms with E-state index in [1.807, 2.05) is 0 Å². The van der Waals surface area contributed by atoms with Gasteiger partial charge in [0.2, 0.25) is 6.79 Å². The minimum atomic E-state index is -0.766. The van der Waals surface area contributed by atoms with Gasteiger partial charge in [0.15, 0.2) is 11.5 Å². The Labute approximate surface area is 272 Å². The molecule has 0 heterocycles. The van der Waals surface area contributed by atoms with E-state index in [1.165, 1.54) is 6.92 Å². The lowest BCUT2D eigenvalue weighted by Gasteiger charge is -2.17. The number of esters is 4. The quantitative estimate of drug-likeness (QED) is 0.0897. The van der Waals surface area contributed by atoms with Crippen LogP contribution in [-0.2, 0) is 23.9 Å². The number of benzene rings is 3. The Kier molecular flexibility index (Phi) is 12.2. The highest BCUT2D eigenvalue weighted by Crippen LogP contribution is 2.38. The Balaban J connectivity index is 2.07. The Morgan fingerprint density at radius 1 is 0.638 bits per heavy atom. The van der Waals surface area contributed by atoms with Crippen LogP contribution in [0.15, 0.2) is 98.6 Å². The number of hydrogen-bond donors (Lipinski definition) is 0. The van der Waals surface area contributed by atoms with Crippen molar-refractivity contribution in [2.24, 2.45) is 0 Å². The molecule has 0 bridgehead atoms. The molecule has 47 heavy (non-hydrogen) atoms. The van der Waals surface area contributed by atoms with Gasteiger partial charge >= 0.3 is 23.9 Å². The van der Waals surface area contributed by atoms with Gasteiger partial charge < -0.3 is 23.7 Å². The zero-order valence-corrected chi connectivity index (χ0v) is 26.1. The molecule has 0 atom stereocenters. The van der Waals surface area contributed by atoms with Crippen LogP contribution in [0.2, 0.25) is 0 Å². The van der Waals surface area contributed by atoms with Crippen LogP contribution in [0.3, 0.4) is 0 Å². The topological polar surface area (TPSA) is 114 Å². The molecule has 0 N–H and O–H groups in total. The third kappa shape index (κ3) is 9.70. The molecule has 3 aromatic rings. The zero-order valence-electron chi connectivity index (χ0n) is 26.1. The molecule has 0 unspecified atom stereocenters. The van der Waals surface area contributed by atoms with Gasteiger partial charge in [-0.05, 0) is 69.3 Å². The van der Waals surface area contributed by atoms with Gasteiger partial charge in [-0.1, -0.05) is 50.0 Å². The molecule has 0 amide bonds. The summed E-state index contributed by atoms with van der Waals surface area (Å²) >= 11 is 0. The molecule has 9 heteroatoms. The number of carbonyl (C=O) groups is 4. The number of ether oxygens (including phenoxy) is 5. The molecule has 0 aliphatic heterocycles. The van der Waals surface area contributed by atoms with Crippen LogP contribution in [0.1, 0.15) is 40.3 Å². The molecular weight excluding hydrogens is 600 g/mol. The molecular formula is C38H30O9. The molecule has 3 rings (SSSR count). The van der Waals surface area contributed by atoms with Crippen molar-refractivity contribution in [3.05, 3.63) is 132 Å². The monoisotopic (exact) mass is 630 g/mol. The molecule has 0 saturated heterocycles. The average molecular weight is 631 g/mol. The maximum atomic E-state index is 12.4. The van der Waals surface area contributed by atoms with Gasteiger partial charge in [0, 0.05) is 51.6 Å². The average Bonchev–Trinajstić information content (AvgIpc) is 3.07. The Morgan fingerprint density at radius 2 is 1.06 bits per heavy atom. The summed E-state index contributed by atoms with van der Waals surface area (Å²) in [6.07, 6.45) is 3.03. The van der Waals surface area contributed by atoms with E-state index in [0.717, 1.165) is 18.2 Å². The standard InChI is InChI=1S/C38H30O9/c1-8-33(39)45-30-19-13-28(14-20-30)16-22-32-36(46-34(40)9-2)25(6)31(26(7)37(32)47-35(41)10-3)21-15-27-11-17-29(18-12-27)43-23-44-38(42)24(4)5/h8-14,17-20H,1-4,23H2,5-7H3. The first kappa shape index (κ1) is 34.9. The lowest BCUT2D eigenvalue weighted by Crippen LogP contribution is -2.12. The van der Waals surface area contributed by atoms with Crippen LogP contribution < -0.4 is 18.9 Å². The summed E-state index contributed by atoms with van der Waals surface area (Å²) in [6.45, 7) is 18.5. The summed E-state index contributed by atoms with van der Waals surface area (Å²) in [6, 6.07) is 13.1. The van der Waals surface area contributed by atoms with Crippen molar-refractivity contribution in [3.63, 3.8) is 0 Å². The second-order valence-electron chi connectivity index (χ2n) is 9.56. The summed E-state index contributed by atoms with van der Waals surface area (Å²) in [5.74, 6) is 10.1. The summed E-state index contributed by atoms with van der Waals surface area (Å²) < 4.78 is 26.7. The first-order valence-corrected chi connectivity index (χ1v) is 13.9. The zero-order chi connectivity index (χ0) is 34.5. The Hall–Kier alpha value is -6.58. The maximum absolute atomic E-state index is 12.4. The number of hydrogen-bond acceptors (Lipinski definition) is 9. The van der Waals surface area contributed by atoms with Gasteiger partial charge in [-0.3, -0.25) is 0 Å². The van der Waals surface area contributed by atoms with Crippen molar-refractivity contribution in [3.8, 4) is 46.7 Å². The predicted octanol–water partition coefficient (Wildman–Crippen LogP) is 5.83. The molecule has 0 saturated carbocycles. The second kappa shape index (κ2) is 16.5. The number of rotatable bonds is 10. The molecule has 236 valence electrons. The first-order chi connectivity index (χ1) is 22.5. The van der Waals surface area contributed by atoms with Gasteiger partial charge in [0.25, 0.3) is 0 Å². The highest BCUT2D eigenvalue weighted by molar-refractivity contribution is 5.88. The van der Waals surface area contributed by atoms with E-state index in [0.29, 0.717) is 39.3 Å². The van der Waals surface area contributed by atoms with Gasteiger partial charge in [-0.25, -0.2) is 19.2 Å². The van der Waals surface area contributed by atoms with Crippen LogP contribution in [0.4, 0.5) is 0 Å². The summed E-state index contributed by atoms with van der Waals surface area (Å²) in [7, 11) is 0.